The van der Waals surface area contributed by atoms with Crippen LogP contribution < -0.4 is 5.32 Å². The van der Waals surface area contributed by atoms with Gasteiger partial charge in [0.05, 0.1) is 22.1 Å². The van der Waals surface area contributed by atoms with E-state index in [4.69, 9.17) is 4.74 Å². The van der Waals surface area contributed by atoms with Crippen molar-refractivity contribution in [1.29, 1.82) is 0 Å². The molecule has 0 spiro atoms. The quantitative estimate of drug-likeness (QED) is 0.684. The Labute approximate surface area is 115 Å². The molecule has 0 radical (unpaired) electrons. The third-order valence-electron chi connectivity index (χ3n) is 3.73. The summed E-state index contributed by atoms with van der Waals surface area (Å²) in [6.45, 7) is 0. The molecule has 1 aliphatic carbocycles. The summed E-state index contributed by atoms with van der Waals surface area (Å²) in [7, 11) is 1.71. The molecule has 0 aliphatic heterocycles. The average Bonchev–Trinajstić information content (AvgIpc) is 2.41. The molecule has 1 aromatic carbocycles. The summed E-state index contributed by atoms with van der Waals surface area (Å²) in [5.41, 5.74) is 1.57. The van der Waals surface area contributed by atoms with Crippen molar-refractivity contribution in [2.24, 2.45) is 0 Å². The number of nitrogens with zero attached hydrogens (tertiary/aromatic N) is 2. The lowest BCUT2D eigenvalue weighted by molar-refractivity contribution is -0.383. The van der Waals surface area contributed by atoms with Gasteiger partial charge in [0, 0.05) is 25.4 Å². The van der Waals surface area contributed by atoms with E-state index in [-0.39, 0.29) is 10.6 Å². The number of pyridine rings is 1. The Kier molecular flexibility index (Phi) is 3.23. The van der Waals surface area contributed by atoms with Crippen LogP contribution in [-0.2, 0) is 4.74 Å². The second-order valence-corrected chi connectivity index (χ2v) is 4.96. The van der Waals surface area contributed by atoms with Gasteiger partial charge in [-0.1, -0.05) is 0 Å². The van der Waals surface area contributed by atoms with E-state index >= 15 is 0 Å². The molecule has 1 heterocycles. The van der Waals surface area contributed by atoms with Crippen LogP contribution in [0.5, 0.6) is 0 Å². The van der Waals surface area contributed by atoms with Gasteiger partial charge in [-0.05, 0) is 31.0 Å². The maximum atomic E-state index is 11.0. The van der Waals surface area contributed by atoms with Crippen LogP contribution in [0.15, 0.2) is 30.5 Å². The number of non-ortho nitro benzene ring substituents is 1. The normalized spacial score (nSPS) is 21.4. The van der Waals surface area contributed by atoms with E-state index in [1.54, 1.807) is 31.5 Å². The Hall–Kier alpha value is -2.21. The number of ether oxygens (including phenoxy) is 1. The molecule has 6 nitrogen and oxygen atoms in total. The Morgan fingerprint density at radius 1 is 1.40 bits per heavy atom. The first kappa shape index (κ1) is 12.8. The number of hydrogen-bond acceptors (Lipinski definition) is 5. The van der Waals surface area contributed by atoms with E-state index in [0.29, 0.717) is 23.0 Å². The number of fused-ring (bicyclic) bond motifs is 1. The summed E-state index contributed by atoms with van der Waals surface area (Å²) in [4.78, 5) is 14.9. The van der Waals surface area contributed by atoms with Gasteiger partial charge in [0.15, 0.2) is 0 Å². The topological polar surface area (TPSA) is 77.3 Å². The standard InChI is InChI=1S/C14H15N3O3/c1-20-10-7-9(8-10)16-12-4-5-13(17(18)19)11-3-2-6-15-14(11)12/h2-6,9-10,16H,7-8H2,1H3. The molecule has 0 amide bonds. The number of rotatable bonds is 4. The second kappa shape index (κ2) is 5.05. The molecular weight excluding hydrogens is 258 g/mol. The van der Waals surface area contributed by atoms with E-state index in [1.807, 2.05) is 0 Å². The molecular formula is C14H15N3O3. The van der Waals surface area contributed by atoms with Gasteiger partial charge < -0.3 is 10.1 Å². The highest BCUT2D eigenvalue weighted by molar-refractivity contribution is 5.96. The van der Waals surface area contributed by atoms with Gasteiger partial charge in [0.1, 0.15) is 5.52 Å². The molecule has 1 aromatic heterocycles. The van der Waals surface area contributed by atoms with E-state index in [2.05, 4.69) is 10.3 Å². The van der Waals surface area contributed by atoms with Crippen LogP contribution in [0.25, 0.3) is 10.9 Å². The lowest BCUT2D eigenvalue weighted by atomic mass is 9.89. The molecule has 6 heteroatoms. The Bertz CT molecular complexity index is 653. The minimum absolute atomic E-state index is 0.0852. The number of hydrogen-bond donors (Lipinski definition) is 1. The number of methoxy groups -OCH3 is 1. The second-order valence-electron chi connectivity index (χ2n) is 4.96. The van der Waals surface area contributed by atoms with Gasteiger partial charge in [-0.2, -0.15) is 0 Å². The largest absolute Gasteiger partial charge is 0.381 e. The monoisotopic (exact) mass is 273 g/mol. The molecule has 0 saturated heterocycles. The van der Waals surface area contributed by atoms with E-state index in [1.165, 1.54) is 6.07 Å². The SMILES string of the molecule is COC1CC(Nc2ccc([N+](=O)[O-])c3cccnc23)C1. The number of anilines is 1. The molecule has 0 atom stereocenters. The number of nitro groups is 1. The molecule has 0 unspecified atom stereocenters. The number of nitro benzene ring substituents is 1. The third-order valence-corrected chi connectivity index (χ3v) is 3.73. The maximum Gasteiger partial charge on any atom is 0.278 e. The molecule has 104 valence electrons. The summed E-state index contributed by atoms with van der Waals surface area (Å²) < 4.78 is 5.25. The van der Waals surface area contributed by atoms with Crippen LogP contribution in [0.4, 0.5) is 11.4 Å². The molecule has 20 heavy (non-hydrogen) atoms. The van der Waals surface area contributed by atoms with Crippen molar-refractivity contribution < 1.29 is 9.66 Å². The minimum atomic E-state index is -0.377. The van der Waals surface area contributed by atoms with Gasteiger partial charge in [0.2, 0.25) is 0 Å². The van der Waals surface area contributed by atoms with Crippen molar-refractivity contribution in [3.63, 3.8) is 0 Å². The summed E-state index contributed by atoms with van der Waals surface area (Å²) in [5, 5.41) is 15.0. The fraction of sp³-hybridized carbons (Fsp3) is 0.357. The smallest absolute Gasteiger partial charge is 0.278 e. The molecule has 2 aromatic rings. The lowest BCUT2D eigenvalue weighted by Gasteiger charge is -2.35. The highest BCUT2D eigenvalue weighted by Gasteiger charge is 2.29. The Morgan fingerprint density at radius 2 is 2.20 bits per heavy atom. The fourth-order valence-electron chi connectivity index (χ4n) is 2.53. The molecule has 1 N–H and O–H groups in total. The molecule has 0 bridgehead atoms. The Morgan fingerprint density at radius 3 is 2.90 bits per heavy atom. The highest BCUT2D eigenvalue weighted by atomic mass is 16.6. The first-order chi connectivity index (χ1) is 9.69. The van der Waals surface area contributed by atoms with Crippen LogP contribution in [0.2, 0.25) is 0 Å². The molecule has 1 aliphatic rings. The van der Waals surface area contributed by atoms with Gasteiger partial charge in [-0.15, -0.1) is 0 Å². The highest BCUT2D eigenvalue weighted by Crippen LogP contribution is 2.33. The Balaban J connectivity index is 1.92. The van der Waals surface area contributed by atoms with Crippen LogP contribution in [-0.4, -0.2) is 29.2 Å². The summed E-state index contributed by atoms with van der Waals surface area (Å²) >= 11 is 0. The van der Waals surface area contributed by atoms with Crippen molar-refractivity contribution in [3.05, 3.63) is 40.6 Å². The van der Waals surface area contributed by atoms with Crippen LogP contribution in [0.3, 0.4) is 0 Å². The van der Waals surface area contributed by atoms with Gasteiger partial charge >= 0.3 is 0 Å². The third kappa shape index (κ3) is 2.18. The molecule has 1 fully saturated rings. The van der Waals surface area contributed by atoms with E-state index < -0.39 is 0 Å². The molecule has 3 rings (SSSR count). The minimum Gasteiger partial charge on any atom is -0.381 e. The summed E-state index contributed by atoms with van der Waals surface area (Å²) in [6.07, 6.45) is 3.85. The maximum absolute atomic E-state index is 11.0. The van der Waals surface area contributed by atoms with Gasteiger partial charge in [-0.25, -0.2) is 0 Å². The summed E-state index contributed by atoms with van der Waals surface area (Å²) in [5.74, 6) is 0. The fourth-order valence-corrected chi connectivity index (χ4v) is 2.53. The number of nitrogens with one attached hydrogen (secondary N) is 1. The average molecular weight is 273 g/mol. The number of aromatic nitrogens is 1. The van der Waals surface area contributed by atoms with Crippen LogP contribution in [0, 0.1) is 10.1 Å². The van der Waals surface area contributed by atoms with E-state index in [9.17, 15) is 10.1 Å². The van der Waals surface area contributed by atoms with Gasteiger partial charge in [0.25, 0.3) is 5.69 Å². The van der Waals surface area contributed by atoms with Crippen molar-refractivity contribution in [2.45, 2.75) is 25.0 Å². The van der Waals surface area contributed by atoms with Gasteiger partial charge in [-0.3, -0.25) is 15.1 Å². The first-order valence-corrected chi connectivity index (χ1v) is 6.50. The zero-order valence-electron chi connectivity index (χ0n) is 11.1. The van der Waals surface area contributed by atoms with Crippen molar-refractivity contribution in [1.82, 2.24) is 4.98 Å². The summed E-state index contributed by atoms with van der Waals surface area (Å²) in [6, 6.07) is 7.03. The molecule has 1 saturated carbocycles. The number of benzene rings is 1. The predicted octanol–water partition coefficient (Wildman–Crippen LogP) is 2.73. The van der Waals surface area contributed by atoms with Crippen molar-refractivity contribution >= 4 is 22.3 Å². The first-order valence-electron chi connectivity index (χ1n) is 6.50. The van der Waals surface area contributed by atoms with Crippen molar-refractivity contribution in [2.75, 3.05) is 12.4 Å². The van der Waals surface area contributed by atoms with E-state index in [0.717, 1.165) is 18.5 Å². The van der Waals surface area contributed by atoms with Crippen LogP contribution in [0.1, 0.15) is 12.8 Å². The lowest BCUT2D eigenvalue weighted by Crippen LogP contribution is -2.40. The van der Waals surface area contributed by atoms with Crippen molar-refractivity contribution in [3.8, 4) is 0 Å². The zero-order valence-corrected chi connectivity index (χ0v) is 11.1. The predicted molar refractivity (Wildman–Crippen MR) is 75.8 cm³/mol. The zero-order chi connectivity index (χ0) is 14.1. The van der Waals surface area contributed by atoms with Crippen LogP contribution >= 0.6 is 0 Å².